The first kappa shape index (κ1) is 14.1. The minimum atomic E-state index is 0.0735. The van der Waals surface area contributed by atoms with E-state index in [1.165, 1.54) is 12.8 Å². The van der Waals surface area contributed by atoms with Crippen LogP contribution >= 0.6 is 15.9 Å². The lowest BCUT2D eigenvalue weighted by Gasteiger charge is -2.35. The summed E-state index contributed by atoms with van der Waals surface area (Å²) < 4.78 is 3.11. The molecule has 1 saturated carbocycles. The molecule has 1 aromatic rings. The van der Waals surface area contributed by atoms with Gasteiger partial charge in [-0.15, -0.1) is 0 Å². The first-order chi connectivity index (χ1) is 9.54. The number of carbonyl (C=O) groups is 1. The Kier molecular flexibility index (Phi) is 3.91. The van der Waals surface area contributed by atoms with E-state index in [2.05, 4.69) is 44.7 Å². The molecule has 1 N–H and O–H groups in total. The average molecular weight is 340 g/mol. The smallest absolute Gasteiger partial charge is 0.268 e. The molecule has 0 radical (unpaired) electrons. The fourth-order valence-corrected chi connectivity index (χ4v) is 3.40. The van der Waals surface area contributed by atoms with Crippen molar-refractivity contribution in [1.82, 2.24) is 14.8 Å². The van der Waals surface area contributed by atoms with E-state index in [9.17, 15) is 4.79 Å². The van der Waals surface area contributed by atoms with Gasteiger partial charge in [-0.2, -0.15) is 0 Å². The van der Waals surface area contributed by atoms with Crippen molar-refractivity contribution in [2.75, 3.05) is 13.6 Å². The fourth-order valence-electron chi connectivity index (χ4n) is 2.96. The number of rotatable bonds is 3. The van der Waals surface area contributed by atoms with E-state index in [0.717, 1.165) is 29.6 Å². The van der Waals surface area contributed by atoms with Crippen LogP contribution in [0, 0.1) is 0 Å². The van der Waals surface area contributed by atoms with Crippen molar-refractivity contribution in [3.05, 3.63) is 22.4 Å². The summed E-state index contributed by atoms with van der Waals surface area (Å²) >= 11 is 3.48. The Hall–Kier alpha value is -0.810. The molecule has 4 nitrogen and oxygen atoms in total. The van der Waals surface area contributed by atoms with Gasteiger partial charge in [-0.25, -0.2) is 0 Å². The van der Waals surface area contributed by atoms with Crippen LogP contribution in [0.2, 0.25) is 0 Å². The first-order valence-corrected chi connectivity index (χ1v) is 8.22. The third kappa shape index (κ3) is 2.93. The Morgan fingerprint density at radius 2 is 2.15 bits per heavy atom. The summed E-state index contributed by atoms with van der Waals surface area (Å²) in [5, 5.41) is 3.22. The Morgan fingerprint density at radius 1 is 1.40 bits per heavy atom. The molecule has 1 aliphatic carbocycles. The highest BCUT2D eigenvalue weighted by Crippen LogP contribution is 2.37. The van der Waals surface area contributed by atoms with E-state index >= 15 is 0 Å². The number of aromatic nitrogens is 1. The molecule has 1 amide bonds. The molecule has 2 aliphatic rings. The molecule has 1 aliphatic heterocycles. The van der Waals surface area contributed by atoms with Crippen molar-refractivity contribution in [2.24, 2.45) is 0 Å². The van der Waals surface area contributed by atoms with Gasteiger partial charge >= 0.3 is 0 Å². The Labute approximate surface area is 128 Å². The number of nitrogens with zero attached hydrogens (tertiary/aromatic N) is 2. The largest absolute Gasteiger partial charge is 0.348 e. The number of hydrogen-bond acceptors (Lipinski definition) is 2. The monoisotopic (exact) mass is 339 g/mol. The van der Waals surface area contributed by atoms with E-state index in [0.29, 0.717) is 18.1 Å². The van der Waals surface area contributed by atoms with Crippen molar-refractivity contribution in [3.8, 4) is 0 Å². The van der Waals surface area contributed by atoms with Gasteiger partial charge in [0.25, 0.3) is 5.91 Å². The minimum absolute atomic E-state index is 0.0735. The van der Waals surface area contributed by atoms with Crippen molar-refractivity contribution in [1.29, 1.82) is 0 Å². The summed E-state index contributed by atoms with van der Waals surface area (Å²) in [4.78, 5) is 14.9. The molecule has 2 atom stereocenters. The highest BCUT2D eigenvalue weighted by Gasteiger charge is 2.29. The predicted octanol–water partition coefficient (Wildman–Crippen LogP) is 2.80. The molecule has 110 valence electrons. The van der Waals surface area contributed by atoms with Crippen LogP contribution in [-0.2, 0) is 0 Å². The van der Waals surface area contributed by atoms with Crippen LogP contribution in [0.5, 0.6) is 0 Å². The number of halogens is 1. The van der Waals surface area contributed by atoms with Gasteiger partial charge in [0.2, 0.25) is 0 Å². The molecule has 2 heterocycles. The zero-order chi connectivity index (χ0) is 14.3. The average Bonchev–Trinajstić information content (AvgIpc) is 3.17. The summed E-state index contributed by atoms with van der Waals surface area (Å²) in [6, 6.07) is 3.30. The molecule has 0 spiro atoms. The van der Waals surface area contributed by atoms with Crippen molar-refractivity contribution < 1.29 is 4.79 Å². The molecule has 0 bridgehead atoms. The number of piperidine rings is 1. The topological polar surface area (TPSA) is 37.3 Å². The number of nitrogens with one attached hydrogen (secondary N) is 1. The maximum Gasteiger partial charge on any atom is 0.268 e. The first-order valence-electron chi connectivity index (χ1n) is 7.43. The highest BCUT2D eigenvalue weighted by atomic mass is 79.9. The lowest BCUT2D eigenvalue weighted by Crippen LogP contribution is -2.47. The van der Waals surface area contributed by atoms with Gasteiger partial charge in [0.1, 0.15) is 5.69 Å². The maximum atomic E-state index is 12.5. The minimum Gasteiger partial charge on any atom is -0.348 e. The molecule has 2 fully saturated rings. The van der Waals surface area contributed by atoms with Crippen LogP contribution in [0.3, 0.4) is 0 Å². The van der Waals surface area contributed by atoms with Crippen molar-refractivity contribution >= 4 is 21.8 Å². The van der Waals surface area contributed by atoms with E-state index in [1.807, 2.05) is 12.3 Å². The van der Waals surface area contributed by atoms with Gasteiger partial charge in [0, 0.05) is 35.3 Å². The van der Waals surface area contributed by atoms with Crippen molar-refractivity contribution in [3.63, 3.8) is 0 Å². The van der Waals surface area contributed by atoms with Gasteiger partial charge in [-0.1, -0.05) is 0 Å². The van der Waals surface area contributed by atoms with Crippen LogP contribution in [0.15, 0.2) is 16.7 Å². The number of likely N-dealkylation sites (tertiary alicyclic amines) is 1. The van der Waals surface area contributed by atoms with E-state index in [1.54, 1.807) is 0 Å². The lowest BCUT2D eigenvalue weighted by atomic mass is 9.99. The third-order valence-corrected chi connectivity index (χ3v) is 4.97. The summed E-state index contributed by atoms with van der Waals surface area (Å²) in [7, 11) is 2.15. The molecular weight excluding hydrogens is 318 g/mol. The van der Waals surface area contributed by atoms with E-state index < -0.39 is 0 Å². The Morgan fingerprint density at radius 3 is 2.80 bits per heavy atom. The fraction of sp³-hybridized carbons (Fsp3) is 0.667. The van der Waals surface area contributed by atoms with Gasteiger partial charge in [0.05, 0.1) is 0 Å². The molecule has 3 rings (SSSR count). The summed E-state index contributed by atoms with van der Waals surface area (Å²) in [6.07, 6.45) is 6.48. The molecule has 0 aromatic carbocycles. The summed E-state index contributed by atoms with van der Waals surface area (Å²) in [5.41, 5.74) is 0.797. The van der Waals surface area contributed by atoms with Gasteiger partial charge in [-0.3, -0.25) is 4.79 Å². The normalized spacial score (nSPS) is 27.6. The highest BCUT2D eigenvalue weighted by molar-refractivity contribution is 9.10. The number of amides is 1. The van der Waals surface area contributed by atoms with Crippen LogP contribution in [0.1, 0.15) is 49.1 Å². The van der Waals surface area contributed by atoms with Gasteiger partial charge in [-0.05, 0) is 61.7 Å². The van der Waals surface area contributed by atoms with Gasteiger partial charge < -0.3 is 14.8 Å². The number of carbonyl (C=O) groups excluding carboxylic acids is 1. The molecule has 1 saturated heterocycles. The van der Waals surface area contributed by atoms with Crippen LogP contribution in [0.4, 0.5) is 0 Å². The molecule has 2 unspecified atom stereocenters. The predicted molar refractivity (Wildman–Crippen MR) is 83.0 cm³/mol. The van der Waals surface area contributed by atoms with E-state index in [4.69, 9.17) is 0 Å². The van der Waals surface area contributed by atoms with Crippen LogP contribution in [-0.4, -0.2) is 41.1 Å². The van der Waals surface area contributed by atoms with E-state index in [-0.39, 0.29) is 5.91 Å². The second kappa shape index (κ2) is 5.53. The SMILES string of the molecule is CC1CC(NC(=O)c2cc(Br)cn2C2CC2)CCN1C. The lowest BCUT2D eigenvalue weighted by molar-refractivity contribution is 0.0887. The van der Waals surface area contributed by atoms with Gasteiger partial charge in [0.15, 0.2) is 0 Å². The zero-order valence-corrected chi connectivity index (χ0v) is 13.7. The Bertz CT molecular complexity index is 509. The van der Waals surface area contributed by atoms with Crippen LogP contribution < -0.4 is 5.32 Å². The summed E-state index contributed by atoms with van der Waals surface area (Å²) in [5.74, 6) is 0.0735. The summed E-state index contributed by atoms with van der Waals surface area (Å²) in [6.45, 7) is 3.28. The van der Waals surface area contributed by atoms with Crippen molar-refractivity contribution in [2.45, 2.75) is 50.7 Å². The standard InChI is InChI=1S/C15H22BrN3O/c1-10-7-12(5-6-18(10)2)17-15(20)14-8-11(16)9-19(14)13-3-4-13/h8-10,12-13H,3-7H2,1-2H3,(H,17,20). The maximum absolute atomic E-state index is 12.5. The molecule has 1 aromatic heterocycles. The molecular formula is C15H22BrN3O. The quantitative estimate of drug-likeness (QED) is 0.919. The molecule has 20 heavy (non-hydrogen) atoms. The zero-order valence-electron chi connectivity index (χ0n) is 12.1. The number of hydrogen-bond donors (Lipinski definition) is 1. The Balaban J connectivity index is 1.67. The molecule has 5 heteroatoms. The third-order valence-electron chi connectivity index (χ3n) is 4.53. The second-order valence-electron chi connectivity index (χ2n) is 6.21. The van der Waals surface area contributed by atoms with Crippen LogP contribution in [0.25, 0.3) is 0 Å². The second-order valence-corrected chi connectivity index (χ2v) is 7.12.